The summed E-state index contributed by atoms with van der Waals surface area (Å²) >= 11 is 0. The molecule has 0 aromatic carbocycles. The van der Waals surface area contributed by atoms with Gasteiger partial charge >= 0.3 is 0 Å². The third-order valence-corrected chi connectivity index (χ3v) is 5.93. The van der Waals surface area contributed by atoms with E-state index in [9.17, 15) is 8.42 Å². The van der Waals surface area contributed by atoms with Gasteiger partial charge in [-0.3, -0.25) is 0 Å². The molecule has 1 aliphatic heterocycles. The van der Waals surface area contributed by atoms with Crippen molar-refractivity contribution in [3.8, 4) is 0 Å². The quantitative estimate of drug-likeness (QED) is 0.867. The SMILES string of the molecule is Cc1nc2c(c(NC3CCN(CCS(C)(=O)=O)CC3)n1)CCCC2. The smallest absolute Gasteiger partial charge is 0.148 e. The fourth-order valence-electron chi connectivity index (χ4n) is 3.63. The van der Waals surface area contributed by atoms with Crippen LogP contribution in [0.4, 0.5) is 5.82 Å². The van der Waals surface area contributed by atoms with E-state index < -0.39 is 9.84 Å². The first kappa shape index (κ1) is 17.6. The Morgan fingerprint density at radius 2 is 1.88 bits per heavy atom. The van der Waals surface area contributed by atoms with E-state index in [2.05, 4.69) is 20.2 Å². The molecule has 1 fully saturated rings. The molecule has 0 radical (unpaired) electrons. The Balaban J connectivity index is 1.58. The molecule has 6 nitrogen and oxygen atoms in total. The zero-order valence-electron chi connectivity index (χ0n) is 14.7. The number of sulfone groups is 1. The largest absolute Gasteiger partial charge is 0.367 e. The number of piperidine rings is 1. The minimum Gasteiger partial charge on any atom is -0.367 e. The van der Waals surface area contributed by atoms with Crippen LogP contribution in [-0.4, -0.2) is 61.0 Å². The van der Waals surface area contributed by atoms with Gasteiger partial charge in [-0.2, -0.15) is 0 Å². The Morgan fingerprint density at radius 3 is 2.58 bits per heavy atom. The van der Waals surface area contributed by atoms with Gasteiger partial charge in [-0.1, -0.05) is 0 Å². The molecule has 1 aromatic rings. The molecule has 7 heteroatoms. The molecule has 24 heavy (non-hydrogen) atoms. The highest BCUT2D eigenvalue weighted by atomic mass is 32.2. The van der Waals surface area contributed by atoms with Crippen LogP contribution < -0.4 is 5.32 Å². The van der Waals surface area contributed by atoms with E-state index in [0.717, 1.165) is 50.4 Å². The summed E-state index contributed by atoms with van der Waals surface area (Å²) in [4.78, 5) is 11.5. The summed E-state index contributed by atoms with van der Waals surface area (Å²) in [5, 5.41) is 3.65. The fourth-order valence-corrected chi connectivity index (χ4v) is 4.22. The molecule has 0 spiro atoms. The summed E-state index contributed by atoms with van der Waals surface area (Å²) in [6, 6.07) is 0.416. The summed E-state index contributed by atoms with van der Waals surface area (Å²) in [6.07, 6.45) is 7.95. The van der Waals surface area contributed by atoms with E-state index in [4.69, 9.17) is 0 Å². The van der Waals surface area contributed by atoms with Gasteiger partial charge in [0.05, 0.1) is 5.75 Å². The zero-order valence-corrected chi connectivity index (χ0v) is 15.5. The maximum absolute atomic E-state index is 11.3. The van der Waals surface area contributed by atoms with Crippen molar-refractivity contribution in [1.29, 1.82) is 0 Å². The average molecular weight is 353 g/mol. The van der Waals surface area contributed by atoms with Gasteiger partial charge in [0.2, 0.25) is 0 Å². The average Bonchev–Trinajstić information content (AvgIpc) is 2.53. The number of likely N-dealkylation sites (tertiary alicyclic amines) is 1. The van der Waals surface area contributed by atoms with E-state index in [0.29, 0.717) is 12.6 Å². The highest BCUT2D eigenvalue weighted by Crippen LogP contribution is 2.27. The lowest BCUT2D eigenvalue weighted by atomic mass is 9.95. The molecule has 2 heterocycles. The topological polar surface area (TPSA) is 75.2 Å². The van der Waals surface area contributed by atoms with Gasteiger partial charge in [0.15, 0.2) is 0 Å². The first-order valence-corrected chi connectivity index (χ1v) is 11.0. The molecule has 2 aliphatic rings. The normalized spacial score (nSPS) is 19.9. The standard InChI is InChI=1S/C17H28N4O2S/c1-13-18-16-6-4-3-5-15(16)17(19-13)20-14-7-9-21(10-8-14)11-12-24(2,22)23/h14H,3-12H2,1-2H3,(H,18,19,20). The van der Waals surface area contributed by atoms with E-state index in [1.54, 1.807) is 0 Å². The summed E-state index contributed by atoms with van der Waals surface area (Å²) in [6.45, 7) is 4.50. The van der Waals surface area contributed by atoms with Crippen molar-refractivity contribution in [1.82, 2.24) is 14.9 Å². The van der Waals surface area contributed by atoms with Crippen LogP contribution >= 0.6 is 0 Å². The van der Waals surface area contributed by atoms with Crippen LogP contribution in [0.3, 0.4) is 0 Å². The first-order chi connectivity index (χ1) is 11.4. The van der Waals surface area contributed by atoms with Crippen molar-refractivity contribution < 1.29 is 8.42 Å². The first-order valence-electron chi connectivity index (χ1n) is 8.94. The molecule has 0 saturated carbocycles. The van der Waals surface area contributed by atoms with Crippen molar-refractivity contribution in [2.24, 2.45) is 0 Å². The summed E-state index contributed by atoms with van der Waals surface area (Å²) in [5.74, 6) is 2.14. The summed E-state index contributed by atoms with van der Waals surface area (Å²) in [5.41, 5.74) is 2.54. The van der Waals surface area contributed by atoms with Crippen LogP contribution in [0.5, 0.6) is 0 Å². The van der Waals surface area contributed by atoms with E-state index in [1.165, 1.54) is 30.4 Å². The van der Waals surface area contributed by atoms with Crippen LogP contribution in [0.25, 0.3) is 0 Å². The van der Waals surface area contributed by atoms with E-state index >= 15 is 0 Å². The number of nitrogens with zero attached hydrogens (tertiary/aromatic N) is 3. The summed E-state index contributed by atoms with van der Waals surface area (Å²) in [7, 11) is -2.87. The van der Waals surface area contributed by atoms with E-state index in [-0.39, 0.29) is 5.75 Å². The fraction of sp³-hybridized carbons (Fsp3) is 0.765. The van der Waals surface area contributed by atoms with Crippen molar-refractivity contribution in [2.45, 2.75) is 51.5 Å². The molecule has 1 aliphatic carbocycles. The third kappa shape index (κ3) is 4.66. The Kier molecular flexibility index (Phi) is 5.39. The molecule has 3 rings (SSSR count). The van der Waals surface area contributed by atoms with Crippen molar-refractivity contribution in [3.63, 3.8) is 0 Å². The van der Waals surface area contributed by atoms with Crippen LogP contribution in [0, 0.1) is 6.92 Å². The van der Waals surface area contributed by atoms with Gasteiger partial charge in [0.25, 0.3) is 0 Å². The second kappa shape index (κ2) is 7.35. The Bertz CT molecular complexity index is 682. The van der Waals surface area contributed by atoms with Crippen molar-refractivity contribution in [2.75, 3.05) is 37.0 Å². The minimum atomic E-state index is -2.87. The van der Waals surface area contributed by atoms with Gasteiger partial charge in [0.1, 0.15) is 21.5 Å². The Morgan fingerprint density at radius 1 is 1.17 bits per heavy atom. The van der Waals surface area contributed by atoms with Gasteiger partial charge in [0, 0.05) is 43.2 Å². The van der Waals surface area contributed by atoms with Crippen LogP contribution in [0.2, 0.25) is 0 Å². The molecule has 1 aromatic heterocycles. The van der Waals surface area contributed by atoms with Gasteiger partial charge in [-0.15, -0.1) is 0 Å². The lowest BCUT2D eigenvalue weighted by Crippen LogP contribution is -2.41. The minimum absolute atomic E-state index is 0.254. The molecule has 0 bridgehead atoms. The molecular weight excluding hydrogens is 324 g/mol. The molecule has 0 unspecified atom stereocenters. The number of hydrogen-bond acceptors (Lipinski definition) is 6. The lowest BCUT2D eigenvalue weighted by molar-refractivity contribution is 0.230. The van der Waals surface area contributed by atoms with Crippen LogP contribution in [0.15, 0.2) is 0 Å². The molecule has 1 N–H and O–H groups in total. The third-order valence-electron chi connectivity index (χ3n) is 5.00. The number of hydrogen-bond donors (Lipinski definition) is 1. The number of anilines is 1. The molecular formula is C17H28N4O2S. The van der Waals surface area contributed by atoms with E-state index in [1.807, 2.05) is 6.92 Å². The maximum Gasteiger partial charge on any atom is 0.148 e. The zero-order chi connectivity index (χ0) is 17.2. The highest BCUT2D eigenvalue weighted by Gasteiger charge is 2.23. The second-order valence-corrected chi connectivity index (χ2v) is 9.40. The predicted molar refractivity (Wildman–Crippen MR) is 96.2 cm³/mol. The maximum atomic E-state index is 11.3. The van der Waals surface area contributed by atoms with Crippen molar-refractivity contribution >= 4 is 15.7 Å². The number of nitrogens with one attached hydrogen (secondary N) is 1. The lowest BCUT2D eigenvalue weighted by Gasteiger charge is -2.33. The monoisotopic (exact) mass is 352 g/mol. The van der Waals surface area contributed by atoms with Crippen molar-refractivity contribution in [3.05, 3.63) is 17.1 Å². The highest BCUT2D eigenvalue weighted by molar-refractivity contribution is 7.90. The van der Waals surface area contributed by atoms with Crippen LogP contribution in [-0.2, 0) is 22.7 Å². The van der Waals surface area contributed by atoms with Gasteiger partial charge in [-0.25, -0.2) is 18.4 Å². The molecule has 1 saturated heterocycles. The number of fused-ring (bicyclic) bond motifs is 1. The van der Waals surface area contributed by atoms with Gasteiger partial charge in [-0.05, 0) is 45.4 Å². The molecule has 0 amide bonds. The molecule has 0 atom stereocenters. The number of rotatable bonds is 5. The Labute approximate surface area is 145 Å². The number of aryl methyl sites for hydroxylation is 2. The summed E-state index contributed by atoms with van der Waals surface area (Å²) < 4.78 is 22.6. The predicted octanol–water partition coefficient (Wildman–Crippen LogP) is 1.58. The van der Waals surface area contributed by atoms with Crippen LogP contribution in [0.1, 0.15) is 42.8 Å². The number of aromatic nitrogens is 2. The molecule has 134 valence electrons. The van der Waals surface area contributed by atoms with Gasteiger partial charge < -0.3 is 10.2 Å². The second-order valence-electron chi connectivity index (χ2n) is 7.14. The Hall–Kier alpha value is -1.21.